The summed E-state index contributed by atoms with van der Waals surface area (Å²) in [6.07, 6.45) is 3.28. The van der Waals surface area contributed by atoms with Gasteiger partial charge in [-0.05, 0) is 25.0 Å². The highest BCUT2D eigenvalue weighted by Gasteiger charge is 2.22. The van der Waals surface area contributed by atoms with Crippen LogP contribution in [-0.2, 0) is 0 Å². The maximum atomic E-state index is 12.5. The second kappa shape index (κ2) is 7.90. The fourth-order valence-electron chi connectivity index (χ4n) is 2.00. The third-order valence-electron chi connectivity index (χ3n) is 3.08. The first kappa shape index (κ1) is 15.6. The molecule has 0 N–H and O–H groups in total. The van der Waals surface area contributed by atoms with Crippen LogP contribution in [0.2, 0.25) is 0 Å². The molecule has 0 aliphatic carbocycles. The van der Waals surface area contributed by atoms with E-state index in [1.807, 2.05) is 11.0 Å². The molecule has 0 fully saturated rings. The Labute approximate surface area is 122 Å². The van der Waals surface area contributed by atoms with Gasteiger partial charge in [-0.15, -0.1) is 0 Å². The lowest BCUT2D eigenvalue weighted by Gasteiger charge is -2.29. The van der Waals surface area contributed by atoms with Gasteiger partial charge in [0.2, 0.25) is 0 Å². The summed E-state index contributed by atoms with van der Waals surface area (Å²) in [5.41, 5.74) is 0.859. The van der Waals surface area contributed by atoms with Crippen LogP contribution < -0.4 is 0 Å². The van der Waals surface area contributed by atoms with E-state index in [9.17, 15) is 4.79 Å². The Bertz CT molecular complexity index is 449. The predicted octanol–water partition coefficient (Wildman–Crippen LogP) is 2.98. The zero-order chi connectivity index (χ0) is 14.3. The Morgan fingerprint density at radius 1 is 1.47 bits per heavy atom. The largest absolute Gasteiger partial charge is 0.334 e. The van der Waals surface area contributed by atoms with Crippen LogP contribution in [0, 0.1) is 11.3 Å². The molecule has 1 amide bonds. The normalized spacial score (nSPS) is 10.3. The molecule has 0 aliphatic rings. The summed E-state index contributed by atoms with van der Waals surface area (Å²) in [4.78, 5) is 18.4. The van der Waals surface area contributed by atoms with Crippen molar-refractivity contribution in [1.29, 1.82) is 5.26 Å². The molecule has 19 heavy (non-hydrogen) atoms. The summed E-state index contributed by atoms with van der Waals surface area (Å²) in [7, 11) is 0. The van der Waals surface area contributed by atoms with Gasteiger partial charge in [-0.2, -0.15) is 5.26 Å². The third-order valence-corrected chi connectivity index (χ3v) is 3.44. The quantitative estimate of drug-likeness (QED) is 0.756. The first-order valence-electron chi connectivity index (χ1n) is 6.40. The number of pyridine rings is 1. The van der Waals surface area contributed by atoms with Crippen LogP contribution in [0.4, 0.5) is 0 Å². The molecule has 0 saturated heterocycles. The van der Waals surface area contributed by atoms with Gasteiger partial charge in [0.05, 0.1) is 5.56 Å². The Morgan fingerprint density at radius 2 is 2.16 bits per heavy atom. The van der Waals surface area contributed by atoms with Crippen LogP contribution >= 0.6 is 15.9 Å². The van der Waals surface area contributed by atoms with Crippen molar-refractivity contribution >= 4 is 21.8 Å². The molecule has 0 spiro atoms. The number of halogens is 1. The molecular weight excluding hydrogens is 306 g/mol. The summed E-state index contributed by atoms with van der Waals surface area (Å²) in [6.45, 7) is 4.82. The zero-order valence-corrected chi connectivity index (χ0v) is 12.9. The average Bonchev–Trinajstić information content (AvgIpc) is 2.47. The molecule has 1 heterocycles. The van der Waals surface area contributed by atoms with Crippen LogP contribution in [0.15, 0.2) is 18.3 Å². The van der Waals surface area contributed by atoms with Crippen molar-refractivity contribution in [3.8, 4) is 6.07 Å². The number of amides is 1. The molecule has 102 valence electrons. The van der Waals surface area contributed by atoms with Gasteiger partial charge in [-0.1, -0.05) is 29.8 Å². The van der Waals surface area contributed by atoms with E-state index >= 15 is 0 Å². The molecule has 1 rings (SSSR count). The van der Waals surface area contributed by atoms with E-state index in [1.165, 1.54) is 6.20 Å². The topological polar surface area (TPSA) is 57.0 Å². The molecule has 0 aliphatic heterocycles. The number of hydrogen-bond donors (Lipinski definition) is 0. The Kier molecular flexibility index (Phi) is 6.51. The monoisotopic (exact) mass is 323 g/mol. The smallest absolute Gasteiger partial charge is 0.272 e. The fourth-order valence-corrected chi connectivity index (χ4v) is 2.39. The van der Waals surface area contributed by atoms with Crippen LogP contribution in [0.3, 0.4) is 0 Å². The molecule has 0 radical (unpaired) electrons. The number of rotatable bonds is 6. The van der Waals surface area contributed by atoms with Crippen molar-refractivity contribution in [2.45, 2.75) is 32.7 Å². The summed E-state index contributed by atoms with van der Waals surface area (Å²) in [5, 5.41) is 9.47. The number of carbonyl (C=O) groups excluding carboxylic acids is 1. The van der Waals surface area contributed by atoms with Gasteiger partial charge in [0.25, 0.3) is 5.91 Å². The molecule has 5 heteroatoms. The summed E-state index contributed by atoms with van der Waals surface area (Å²) < 4.78 is 0. The van der Waals surface area contributed by atoms with Gasteiger partial charge in [0, 0.05) is 24.1 Å². The van der Waals surface area contributed by atoms with E-state index in [0.717, 1.165) is 18.2 Å². The summed E-state index contributed by atoms with van der Waals surface area (Å²) in [5.74, 6) is -0.0716. The predicted molar refractivity (Wildman–Crippen MR) is 78.2 cm³/mol. The van der Waals surface area contributed by atoms with Gasteiger partial charge in [-0.3, -0.25) is 4.79 Å². The summed E-state index contributed by atoms with van der Waals surface area (Å²) in [6, 6.07) is 5.46. The van der Waals surface area contributed by atoms with Gasteiger partial charge in [-0.25, -0.2) is 4.98 Å². The number of alkyl halides is 1. The van der Waals surface area contributed by atoms with E-state index < -0.39 is 0 Å². The lowest BCUT2D eigenvalue weighted by Crippen LogP contribution is -2.41. The van der Waals surface area contributed by atoms with E-state index in [4.69, 9.17) is 5.26 Å². The van der Waals surface area contributed by atoms with Crippen molar-refractivity contribution in [2.24, 2.45) is 0 Å². The minimum absolute atomic E-state index is 0.0716. The van der Waals surface area contributed by atoms with Gasteiger partial charge in [0.15, 0.2) is 0 Å². The Morgan fingerprint density at radius 3 is 2.58 bits per heavy atom. The molecule has 4 nitrogen and oxygen atoms in total. The van der Waals surface area contributed by atoms with Crippen molar-refractivity contribution in [2.75, 3.05) is 11.9 Å². The SMILES string of the molecule is CCC(CC)N(CCBr)C(=O)c1ccc(C#N)cn1. The number of nitriles is 1. The molecule has 0 saturated carbocycles. The fraction of sp³-hybridized carbons (Fsp3) is 0.500. The van der Waals surface area contributed by atoms with Crippen molar-refractivity contribution in [1.82, 2.24) is 9.88 Å². The second-order valence-electron chi connectivity index (χ2n) is 4.20. The molecule has 0 unspecified atom stereocenters. The van der Waals surface area contributed by atoms with Crippen LogP contribution in [0.1, 0.15) is 42.7 Å². The first-order valence-corrected chi connectivity index (χ1v) is 7.53. The van der Waals surface area contributed by atoms with Crippen LogP contribution in [0.25, 0.3) is 0 Å². The van der Waals surface area contributed by atoms with Crippen molar-refractivity contribution < 1.29 is 4.79 Å². The standard InChI is InChI=1S/C14H18BrN3O/c1-3-12(4-2)18(8-7-15)14(19)13-6-5-11(9-16)10-17-13/h5-6,10,12H,3-4,7-8H2,1-2H3. The number of aromatic nitrogens is 1. The van der Waals surface area contributed by atoms with E-state index in [0.29, 0.717) is 17.8 Å². The lowest BCUT2D eigenvalue weighted by molar-refractivity contribution is 0.0677. The minimum atomic E-state index is -0.0716. The number of carbonyl (C=O) groups is 1. The second-order valence-corrected chi connectivity index (χ2v) is 4.99. The maximum absolute atomic E-state index is 12.5. The average molecular weight is 324 g/mol. The highest BCUT2D eigenvalue weighted by Crippen LogP contribution is 2.13. The Hall–Kier alpha value is -1.41. The molecule has 1 aromatic heterocycles. The summed E-state index contributed by atoms with van der Waals surface area (Å²) >= 11 is 3.38. The first-order chi connectivity index (χ1) is 9.17. The Balaban J connectivity index is 2.95. The molecular formula is C14H18BrN3O. The zero-order valence-electron chi connectivity index (χ0n) is 11.3. The number of nitrogens with zero attached hydrogens (tertiary/aromatic N) is 3. The van der Waals surface area contributed by atoms with Gasteiger partial charge < -0.3 is 4.90 Å². The van der Waals surface area contributed by atoms with Crippen LogP contribution in [-0.4, -0.2) is 33.7 Å². The van der Waals surface area contributed by atoms with Crippen molar-refractivity contribution in [3.05, 3.63) is 29.6 Å². The number of hydrogen-bond acceptors (Lipinski definition) is 3. The molecule has 0 atom stereocenters. The molecule has 0 bridgehead atoms. The van der Waals surface area contributed by atoms with Crippen molar-refractivity contribution in [3.63, 3.8) is 0 Å². The third kappa shape index (κ3) is 4.03. The van der Waals surface area contributed by atoms with E-state index in [1.54, 1.807) is 12.1 Å². The van der Waals surface area contributed by atoms with Gasteiger partial charge in [0.1, 0.15) is 11.8 Å². The van der Waals surface area contributed by atoms with Crippen LogP contribution in [0.5, 0.6) is 0 Å². The maximum Gasteiger partial charge on any atom is 0.272 e. The highest BCUT2D eigenvalue weighted by molar-refractivity contribution is 9.09. The van der Waals surface area contributed by atoms with Gasteiger partial charge >= 0.3 is 0 Å². The van der Waals surface area contributed by atoms with E-state index in [-0.39, 0.29) is 11.9 Å². The van der Waals surface area contributed by atoms with E-state index in [2.05, 4.69) is 34.8 Å². The minimum Gasteiger partial charge on any atom is -0.334 e. The molecule has 1 aromatic rings. The lowest BCUT2D eigenvalue weighted by atomic mass is 10.1. The highest BCUT2D eigenvalue weighted by atomic mass is 79.9. The molecule has 0 aromatic carbocycles.